The first-order valence-electron chi connectivity index (χ1n) is 12.3. The van der Waals surface area contributed by atoms with E-state index in [0.29, 0.717) is 16.6 Å². The molecule has 5 rings (SSSR count). The van der Waals surface area contributed by atoms with Crippen LogP contribution in [0.25, 0.3) is 33.2 Å². The maximum absolute atomic E-state index is 13.6. The number of amides is 1. The highest BCUT2D eigenvalue weighted by Gasteiger charge is 2.24. The molecule has 0 fully saturated rings. The van der Waals surface area contributed by atoms with Crippen LogP contribution in [-0.4, -0.2) is 15.9 Å². The predicted octanol–water partition coefficient (Wildman–Crippen LogP) is 6.03. The van der Waals surface area contributed by atoms with Gasteiger partial charge in [-0.05, 0) is 48.2 Å². The Labute approximate surface area is 205 Å². The van der Waals surface area contributed by atoms with Gasteiger partial charge in [0, 0.05) is 25.0 Å². The fourth-order valence-corrected chi connectivity index (χ4v) is 4.52. The maximum Gasteiger partial charge on any atom is 0.307 e. The number of rotatable bonds is 7. The van der Waals surface area contributed by atoms with E-state index in [-0.39, 0.29) is 5.91 Å². The van der Waals surface area contributed by atoms with Crippen LogP contribution in [0.2, 0.25) is 0 Å². The summed E-state index contributed by atoms with van der Waals surface area (Å²) in [5.41, 5.74) is 11.1. The van der Waals surface area contributed by atoms with Crippen LogP contribution in [0.4, 0.5) is 0 Å². The predicted molar refractivity (Wildman–Crippen MR) is 141 cm³/mol. The van der Waals surface area contributed by atoms with Crippen LogP contribution in [0.3, 0.4) is 0 Å². The topological polar surface area (TPSA) is 58.8 Å². The van der Waals surface area contributed by atoms with Crippen molar-refractivity contribution in [3.05, 3.63) is 102 Å². The second-order valence-electron chi connectivity index (χ2n) is 8.75. The van der Waals surface area contributed by atoms with E-state index in [2.05, 4.69) is 55.7 Å². The SMILES string of the molecule is CCCc1cc(-c2ccccc2)cc(CCC)[n+]1NC(=O)c1cccc2nc3ccccc3nc12. The minimum Gasteiger partial charge on any atom is -0.263 e. The van der Waals surface area contributed by atoms with Gasteiger partial charge in [0.25, 0.3) is 0 Å². The van der Waals surface area contributed by atoms with Crippen LogP contribution in [0.15, 0.2) is 84.9 Å². The zero-order valence-corrected chi connectivity index (χ0v) is 20.2. The summed E-state index contributed by atoms with van der Waals surface area (Å²) in [4.78, 5) is 23.1. The number of nitrogens with one attached hydrogen (secondary N) is 1. The summed E-state index contributed by atoms with van der Waals surface area (Å²) in [5, 5.41) is 0. The molecule has 0 aliphatic rings. The van der Waals surface area contributed by atoms with Crippen molar-refractivity contribution in [2.24, 2.45) is 0 Å². The number of aromatic nitrogens is 3. The van der Waals surface area contributed by atoms with E-state index < -0.39 is 0 Å². The number of aryl methyl sites for hydroxylation is 2. The smallest absolute Gasteiger partial charge is 0.263 e. The van der Waals surface area contributed by atoms with E-state index in [1.165, 1.54) is 11.1 Å². The largest absolute Gasteiger partial charge is 0.307 e. The van der Waals surface area contributed by atoms with E-state index in [1.54, 1.807) is 0 Å². The molecule has 1 amide bonds. The molecule has 5 heteroatoms. The molecule has 0 bridgehead atoms. The molecule has 0 unspecified atom stereocenters. The third-order valence-corrected chi connectivity index (χ3v) is 6.17. The number of benzene rings is 3. The summed E-state index contributed by atoms with van der Waals surface area (Å²) in [6.45, 7) is 4.32. The zero-order valence-electron chi connectivity index (χ0n) is 20.2. The quantitative estimate of drug-likeness (QED) is 0.238. The van der Waals surface area contributed by atoms with E-state index in [4.69, 9.17) is 9.97 Å². The lowest BCUT2D eigenvalue weighted by molar-refractivity contribution is -0.657. The first kappa shape index (κ1) is 22.7. The normalized spacial score (nSPS) is 11.1. The summed E-state index contributed by atoms with van der Waals surface area (Å²) in [6, 6.07) is 28.1. The van der Waals surface area contributed by atoms with Crippen molar-refractivity contribution in [1.29, 1.82) is 0 Å². The van der Waals surface area contributed by atoms with Crippen molar-refractivity contribution in [2.45, 2.75) is 39.5 Å². The lowest BCUT2D eigenvalue weighted by Gasteiger charge is -2.12. The Bertz CT molecular complexity index is 1480. The molecule has 0 aliphatic heterocycles. The molecule has 0 aliphatic carbocycles. The summed E-state index contributed by atoms with van der Waals surface area (Å²) in [7, 11) is 0. The number of pyridine rings is 1. The van der Waals surface area contributed by atoms with Crippen molar-refractivity contribution >= 4 is 28.0 Å². The van der Waals surface area contributed by atoms with Crippen LogP contribution in [0.1, 0.15) is 48.4 Å². The molecule has 0 spiro atoms. The molecule has 3 aromatic carbocycles. The van der Waals surface area contributed by atoms with Gasteiger partial charge in [0.2, 0.25) is 11.4 Å². The summed E-state index contributed by atoms with van der Waals surface area (Å²) in [5.74, 6) is -0.188. The number of hydrogen-bond donors (Lipinski definition) is 1. The van der Waals surface area contributed by atoms with Crippen LogP contribution in [0.5, 0.6) is 0 Å². The molecule has 5 aromatic rings. The van der Waals surface area contributed by atoms with Gasteiger partial charge in [0.15, 0.2) is 0 Å². The van der Waals surface area contributed by atoms with Gasteiger partial charge in [-0.25, -0.2) is 9.97 Å². The fraction of sp³-hybridized carbons (Fsp3) is 0.200. The summed E-state index contributed by atoms with van der Waals surface area (Å²) >= 11 is 0. The number of fused-ring (bicyclic) bond motifs is 2. The van der Waals surface area contributed by atoms with Crippen LogP contribution in [-0.2, 0) is 12.8 Å². The average molecular weight is 462 g/mol. The Kier molecular flexibility index (Phi) is 6.49. The third-order valence-electron chi connectivity index (χ3n) is 6.17. The third kappa shape index (κ3) is 4.62. The first-order chi connectivity index (χ1) is 17.2. The summed E-state index contributed by atoms with van der Waals surface area (Å²) < 4.78 is 1.98. The molecular formula is C30H29N4O+. The van der Waals surface area contributed by atoms with Crippen LogP contribution in [0, 0.1) is 0 Å². The molecule has 0 saturated carbocycles. The van der Waals surface area contributed by atoms with Gasteiger partial charge < -0.3 is 0 Å². The van der Waals surface area contributed by atoms with Gasteiger partial charge in [0.05, 0.1) is 22.1 Å². The van der Waals surface area contributed by atoms with Crippen molar-refractivity contribution in [3.8, 4) is 11.1 Å². The Morgan fingerprint density at radius 2 is 1.31 bits per heavy atom. The molecule has 5 nitrogen and oxygen atoms in total. The average Bonchev–Trinajstić information content (AvgIpc) is 2.89. The number of carbonyl (C=O) groups is 1. The highest BCUT2D eigenvalue weighted by molar-refractivity contribution is 6.08. The van der Waals surface area contributed by atoms with Crippen molar-refractivity contribution in [3.63, 3.8) is 0 Å². The second-order valence-corrected chi connectivity index (χ2v) is 8.75. The van der Waals surface area contributed by atoms with Gasteiger partial charge in [-0.3, -0.25) is 4.79 Å². The van der Waals surface area contributed by atoms with Crippen LogP contribution < -0.4 is 10.1 Å². The highest BCUT2D eigenvalue weighted by atomic mass is 16.2. The summed E-state index contributed by atoms with van der Waals surface area (Å²) in [6.07, 6.45) is 3.67. The number of carbonyl (C=O) groups excluding carboxylic acids is 1. The molecule has 2 heterocycles. The van der Waals surface area contributed by atoms with Gasteiger partial charge in [-0.15, -0.1) is 5.43 Å². The van der Waals surface area contributed by atoms with E-state index >= 15 is 0 Å². The molecule has 35 heavy (non-hydrogen) atoms. The van der Waals surface area contributed by atoms with Gasteiger partial charge in [0.1, 0.15) is 5.52 Å². The Balaban J connectivity index is 1.59. The number of nitrogens with zero attached hydrogens (tertiary/aromatic N) is 3. The minimum atomic E-state index is -0.188. The molecule has 0 saturated heterocycles. The van der Waals surface area contributed by atoms with Crippen molar-refractivity contribution in [2.75, 3.05) is 5.43 Å². The van der Waals surface area contributed by atoms with Crippen molar-refractivity contribution in [1.82, 2.24) is 9.97 Å². The standard InChI is InChI=1S/C30H28N4O/c1-3-11-23-19-22(21-13-6-5-7-14-21)20-24(12-4-2)34(23)33-30(35)25-15-10-18-28-29(25)32-27-17-9-8-16-26(27)31-28/h5-10,13-20H,3-4,11-12H2,1-2H3/p+1. The second kappa shape index (κ2) is 10.0. The fourth-order valence-electron chi connectivity index (χ4n) is 4.52. The van der Waals surface area contributed by atoms with Gasteiger partial charge in [-0.1, -0.05) is 67.1 Å². The number of para-hydroxylation sites is 3. The molecule has 2 aromatic heterocycles. The Morgan fingerprint density at radius 1 is 0.714 bits per heavy atom. The van der Waals surface area contributed by atoms with Gasteiger partial charge in [-0.2, -0.15) is 0 Å². The van der Waals surface area contributed by atoms with Gasteiger partial charge >= 0.3 is 5.91 Å². The maximum atomic E-state index is 13.6. The van der Waals surface area contributed by atoms with E-state index in [1.807, 2.05) is 53.2 Å². The molecule has 0 atom stereocenters. The first-order valence-corrected chi connectivity index (χ1v) is 12.3. The molecule has 0 radical (unpaired) electrons. The zero-order chi connectivity index (χ0) is 24.2. The van der Waals surface area contributed by atoms with Crippen LogP contribution >= 0.6 is 0 Å². The lowest BCUT2D eigenvalue weighted by atomic mass is 10.0. The van der Waals surface area contributed by atoms with E-state index in [0.717, 1.165) is 48.1 Å². The molecular weight excluding hydrogens is 432 g/mol. The van der Waals surface area contributed by atoms with Crippen molar-refractivity contribution < 1.29 is 9.47 Å². The highest BCUT2D eigenvalue weighted by Crippen LogP contribution is 2.22. The Morgan fingerprint density at radius 3 is 1.97 bits per heavy atom. The number of hydrogen-bond acceptors (Lipinski definition) is 3. The monoisotopic (exact) mass is 461 g/mol. The molecule has 174 valence electrons. The van der Waals surface area contributed by atoms with E-state index in [9.17, 15) is 4.79 Å². The molecule has 1 N–H and O–H groups in total. The lowest BCUT2D eigenvalue weighted by Crippen LogP contribution is -2.54. The minimum absolute atomic E-state index is 0.188. The Hall–Kier alpha value is -4.12.